The second-order valence-electron chi connectivity index (χ2n) is 4.88. The molecule has 0 unspecified atom stereocenters. The average molecular weight is 263 g/mol. The van der Waals surface area contributed by atoms with Crippen molar-refractivity contribution in [2.24, 2.45) is 11.8 Å². The number of carbonyl (C=O) groups excluding carboxylic acids is 1. The fraction of sp³-hybridized carbons (Fsp3) is 0.429. The number of aliphatic carboxylic acids is 1. The lowest BCUT2D eigenvalue weighted by Gasteiger charge is -2.27. The molecule has 0 radical (unpaired) electrons. The molecule has 1 fully saturated rings. The Balaban J connectivity index is 2.07. The van der Waals surface area contributed by atoms with Crippen LogP contribution in [-0.4, -0.2) is 22.1 Å². The van der Waals surface area contributed by atoms with Crippen molar-refractivity contribution in [2.75, 3.05) is 5.32 Å². The number of carboxylic acids is 1. The summed E-state index contributed by atoms with van der Waals surface area (Å²) in [7, 11) is 0. The molecule has 0 saturated heterocycles. The van der Waals surface area contributed by atoms with Crippen molar-refractivity contribution in [3.63, 3.8) is 0 Å². The van der Waals surface area contributed by atoms with Gasteiger partial charge in [0, 0.05) is 11.8 Å². The molecular weight excluding hydrogens is 246 g/mol. The summed E-state index contributed by atoms with van der Waals surface area (Å²) in [5.74, 6) is -2.22. The Labute approximate surface area is 111 Å². The van der Waals surface area contributed by atoms with Gasteiger partial charge in [0.25, 0.3) is 0 Å². The minimum atomic E-state index is -0.907. The molecular formula is C14H17NO4. The molecule has 0 heterocycles. The van der Waals surface area contributed by atoms with E-state index in [4.69, 9.17) is 5.11 Å². The largest absolute Gasteiger partial charge is 0.508 e. The first-order chi connectivity index (χ1) is 9.08. The lowest BCUT2D eigenvalue weighted by atomic mass is 9.78. The first kappa shape index (κ1) is 13.4. The van der Waals surface area contributed by atoms with Gasteiger partial charge >= 0.3 is 5.97 Å². The zero-order valence-corrected chi connectivity index (χ0v) is 10.5. The third kappa shape index (κ3) is 3.24. The second kappa shape index (κ2) is 5.73. The van der Waals surface area contributed by atoms with E-state index in [1.54, 1.807) is 12.1 Å². The van der Waals surface area contributed by atoms with Crippen LogP contribution in [0.2, 0.25) is 0 Å². The quantitative estimate of drug-likeness (QED) is 0.780. The van der Waals surface area contributed by atoms with E-state index in [0.717, 1.165) is 12.8 Å². The number of hydrogen-bond acceptors (Lipinski definition) is 3. The number of hydrogen-bond donors (Lipinski definition) is 3. The maximum atomic E-state index is 12.1. The number of rotatable bonds is 3. The number of phenols is 1. The zero-order chi connectivity index (χ0) is 13.8. The molecule has 2 rings (SSSR count). The van der Waals surface area contributed by atoms with E-state index >= 15 is 0 Å². The number of phenolic OH excluding ortho intramolecular Hbond substituents is 1. The van der Waals surface area contributed by atoms with E-state index in [1.165, 1.54) is 12.1 Å². The summed E-state index contributed by atoms with van der Waals surface area (Å²) >= 11 is 0. The summed E-state index contributed by atoms with van der Waals surface area (Å²) in [6.07, 6.45) is 2.88. The van der Waals surface area contributed by atoms with Crippen molar-refractivity contribution in [1.82, 2.24) is 0 Å². The summed E-state index contributed by atoms with van der Waals surface area (Å²) in [5, 5.41) is 21.2. The van der Waals surface area contributed by atoms with Gasteiger partial charge in [0.2, 0.25) is 5.91 Å². The van der Waals surface area contributed by atoms with Gasteiger partial charge in [-0.15, -0.1) is 0 Å². The van der Waals surface area contributed by atoms with Gasteiger partial charge in [0.1, 0.15) is 5.75 Å². The molecule has 5 heteroatoms. The molecule has 0 spiro atoms. The van der Waals surface area contributed by atoms with Crippen LogP contribution in [0.3, 0.4) is 0 Å². The van der Waals surface area contributed by atoms with E-state index < -0.39 is 17.8 Å². The molecule has 102 valence electrons. The van der Waals surface area contributed by atoms with Crippen molar-refractivity contribution in [2.45, 2.75) is 25.7 Å². The number of amides is 1. The number of nitrogens with one attached hydrogen (secondary N) is 1. The van der Waals surface area contributed by atoms with Crippen molar-refractivity contribution in [3.05, 3.63) is 24.3 Å². The van der Waals surface area contributed by atoms with Crippen LogP contribution >= 0.6 is 0 Å². The van der Waals surface area contributed by atoms with Gasteiger partial charge in [-0.25, -0.2) is 0 Å². The van der Waals surface area contributed by atoms with Crippen LogP contribution in [-0.2, 0) is 9.59 Å². The van der Waals surface area contributed by atoms with Gasteiger partial charge in [0.15, 0.2) is 0 Å². The van der Waals surface area contributed by atoms with Gasteiger partial charge < -0.3 is 15.5 Å². The maximum absolute atomic E-state index is 12.1. The van der Waals surface area contributed by atoms with Gasteiger partial charge in [-0.05, 0) is 25.0 Å². The highest BCUT2D eigenvalue weighted by atomic mass is 16.4. The molecule has 5 nitrogen and oxygen atoms in total. The fourth-order valence-electron chi connectivity index (χ4n) is 2.56. The van der Waals surface area contributed by atoms with Gasteiger partial charge in [-0.3, -0.25) is 9.59 Å². The Bertz CT molecular complexity index is 486. The van der Waals surface area contributed by atoms with E-state index in [0.29, 0.717) is 18.5 Å². The van der Waals surface area contributed by atoms with Crippen LogP contribution in [0.25, 0.3) is 0 Å². The lowest BCUT2D eigenvalue weighted by Crippen LogP contribution is -2.36. The molecule has 1 aromatic rings. The normalized spacial score (nSPS) is 22.7. The Morgan fingerprint density at radius 3 is 2.47 bits per heavy atom. The van der Waals surface area contributed by atoms with Crippen LogP contribution in [0.5, 0.6) is 5.75 Å². The van der Waals surface area contributed by atoms with E-state index in [9.17, 15) is 14.7 Å². The maximum Gasteiger partial charge on any atom is 0.307 e. The number of benzene rings is 1. The van der Waals surface area contributed by atoms with Gasteiger partial charge in [0.05, 0.1) is 11.8 Å². The third-order valence-electron chi connectivity index (χ3n) is 3.53. The first-order valence-corrected chi connectivity index (χ1v) is 6.40. The Kier molecular flexibility index (Phi) is 4.04. The molecule has 2 atom stereocenters. The first-order valence-electron chi connectivity index (χ1n) is 6.40. The molecule has 1 amide bonds. The van der Waals surface area contributed by atoms with Gasteiger partial charge in [-0.2, -0.15) is 0 Å². The summed E-state index contributed by atoms with van der Waals surface area (Å²) in [5.41, 5.74) is 0.486. The molecule has 1 aliphatic rings. The predicted octanol–water partition coefficient (Wildman–Crippen LogP) is 2.22. The SMILES string of the molecule is O=C(O)[C@@H]1CCCC[C@H]1C(=O)Nc1cccc(O)c1. The lowest BCUT2D eigenvalue weighted by molar-refractivity contribution is -0.147. The molecule has 1 aliphatic carbocycles. The fourth-order valence-corrected chi connectivity index (χ4v) is 2.56. The molecule has 19 heavy (non-hydrogen) atoms. The van der Waals surface area contributed by atoms with Gasteiger partial charge in [-0.1, -0.05) is 18.9 Å². The smallest absolute Gasteiger partial charge is 0.307 e. The second-order valence-corrected chi connectivity index (χ2v) is 4.88. The van der Waals surface area contributed by atoms with Crippen LogP contribution < -0.4 is 5.32 Å². The minimum absolute atomic E-state index is 0.0660. The number of anilines is 1. The molecule has 0 aromatic heterocycles. The molecule has 1 saturated carbocycles. The van der Waals surface area contributed by atoms with Crippen LogP contribution in [0, 0.1) is 11.8 Å². The zero-order valence-electron chi connectivity index (χ0n) is 10.5. The summed E-state index contributed by atoms with van der Waals surface area (Å²) in [6, 6.07) is 6.24. The standard InChI is InChI=1S/C14H17NO4/c16-10-5-3-4-9(8-10)15-13(17)11-6-1-2-7-12(11)14(18)19/h3-5,8,11-12,16H,1-2,6-7H2,(H,15,17)(H,18,19)/t11-,12-/m1/s1. The summed E-state index contributed by atoms with van der Waals surface area (Å²) in [4.78, 5) is 23.3. The van der Waals surface area contributed by atoms with Crippen LogP contribution in [0.4, 0.5) is 5.69 Å². The molecule has 0 aliphatic heterocycles. The Hall–Kier alpha value is -2.04. The highest BCUT2D eigenvalue weighted by Gasteiger charge is 2.35. The molecule has 3 N–H and O–H groups in total. The van der Waals surface area contributed by atoms with Crippen LogP contribution in [0.15, 0.2) is 24.3 Å². The van der Waals surface area contributed by atoms with Crippen molar-refractivity contribution < 1.29 is 19.8 Å². The number of carbonyl (C=O) groups is 2. The highest BCUT2D eigenvalue weighted by Crippen LogP contribution is 2.31. The highest BCUT2D eigenvalue weighted by molar-refractivity contribution is 5.95. The monoisotopic (exact) mass is 263 g/mol. The summed E-state index contributed by atoms with van der Waals surface area (Å²) < 4.78 is 0. The van der Waals surface area contributed by atoms with Crippen molar-refractivity contribution >= 4 is 17.6 Å². The average Bonchev–Trinajstić information content (AvgIpc) is 2.38. The predicted molar refractivity (Wildman–Crippen MR) is 69.8 cm³/mol. The van der Waals surface area contributed by atoms with Crippen LogP contribution in [0.1, 0.15) is 25.7 Å². The van der Waals surface area contributed by atoms with E-state index in [2.05, 4.69) is 5.32 Å². The summed E-state index contributed by atoms with van der Waals surface area (Å²) in [6.45, 7) is 0. The third-order valence-corrected chi connectivity index (χ3v) is 3.53. The Morgan fingerprint density at radius 2 is 1.84 bits per heavy atom. The number of carboxylic acid groups (broad SMARTS) is 1. The topological polar surface area (TPSA) is 86.6 Å². The van der Waals surface area contributed by atoms with E-state index in [1.807, 2.05) is 0 Å². The van der Waals surface area contributed by atoms with E-state index in [-0.39, 0.29) is 11.7 Å². The minimum Gasteiger partial charge on any atom is -0.508 e. The van der Waals surface area contributed by atoms with Crippen molar-refractivity contribution in [1.29, 1.82) is 0 Å². The number of aromatic hydroxyl groups is 1. The molecule has 1 aromatic carbocycles. The molecule has 0 bridgehead atoms. The van der Waals surface area contributed by atoms with Crippen molar-refractivity contribution in [3.8, 4) is 5.75 Å². The Morgan fingerprint density at radius 1 is 1.16 bits per heavy atom.